The Balaban J connectivity index is 1.64. The quantitative estimate of drug-likeness (QED) is 0.574. The van der Waals surface area contributed by atoms with E-state index in [4.69, 9.17) is 4.74 Å². The Hall–Kier alpha value is -3.06. The van der Waals surface area contributed by atoms with Crippen LogP contribution in [-0.2, 0) is 0 Å². The average molecular weight is 361 g/mol. The standard InChI is InChI=1S/C23H23NO3/c1-3-17(4-2)16-27-19-11-7-9-18(15-19)10-8-14-24-22(25)20-12-5-6-13-21(20)23(24)26/h5-7,9,11-13,15,17H,3-4,14,16H2,1-2H3. The largest absolute Gasteiger partial charge is 0.493 e. The van der Waals surface area contributed by atoms with E-state index in [-0.39, 0.29) is 18.4 Å². The first-order valence-corrected chi connectivity index (χ1v) is 9.31. The minimum atomic E-state index is -0.285. The number of fused-ring (bicyclic) bond motifs is 1. The fraction of sp³-hybridized carbons (Fsp3) is 0.304. The van der Waals surface area contributed by atoms with Gasteiger partial charge < -0.3 is 4.74 Å². The monoisotopic (exact) mass is 361 g/mol. The first-order chi connectivity index (χ1) is 13.1. The van der Waals surface area contributed by atoms with E-state index in [1.165, 1.54) is 4.90 Å². The molecule has 138 valence electrons. The van der Waals surface area contributed by atoms with Crippen molar-refractivity contribution in [2.24, 2.45) is 5.92 Å². The zero-order valence-electron chi connectivity index (χ0n) is 15.7. The average Bonchev–Trinajstić information content (AvgIpc) is 2.94. The molecule has 2 aromatic carbocycles. The molecule has 1 aliphatic rings. The van der Waals surface area contributed by atoms with Crippen molar-refractivity contribution in [3.05, 3.63) is 65.2 Å². The van der Waals surface area contributed by atoms with Gasteiger partial charge in [-0.05, 0) is 36.2 Å². The summed E-state index contributed by atoms with van der Waals surface area (Å²) >= 11 is 0. The van der Waals surface area contributed by atoms with E-state index in [1.807, 2.05) is 24.3 Å². The molecule has 4 nitrogen and oxygen atoms in total. The highest BCUT2D eigenvalue weighted by Crippen LogP contribution is 2.22. The highest BCUT2D eigenvalue weighted by atomic mass is 16.5. The molecule has 27 heavy (non-hydrogen) atoms. The lowest BCUT2D eigenvalue weighted by molar-refractivity contribution is 0.0675. The number of hydrogen-bond acceptors (Lipinski definition) is 3. The zero-order chi connectivity index (χ0) is 19.2. The number of hydrogen-bond donors (Lipinski definition) is 0. The third-order valence-electron chi connectivity index (χ3n) is 4.82. The lowest BCUT2D eigenvalue weighted by Crippen LogP contribution is -2.29. The van der Waals surface area contributed by atoms with Crippen LogP contribution in [0.1, 0.15) is 53.0 Å². The molecule has 0 radical (unpaired) electrons. The summed E-state index contributed by atoms with van der Waals surface area (Å²) in [5.41, 5.74) is 1.69. The number of rotatable bonds is 6. The second kappa shape index (κ2) is 8.55. The fourth-order valence-corrected chi connectivity index (χ4v) is 3.01. The van der Waals surface area contributed by atoms with E-state index in [1.54, 1.807) is 24.3 Å². The summed E-state index contributed by atoms with van der Waals surface area (Å²) in [5, 5.41) is 0. The maximum absolute atomic E-state index is 12.3. The summed E-state index contributed by atoms with van der Waals surface area (Å²) in [7, 11) is 0. The summed E-state index contributed by atoms with van der Waals surface area (Å²) in [5.74, 6) is 6.72. The van der Waals surface area contributed by atoms with E-state index >= 15 is 0 Å². The molecular formula is C23H23NO3. The van der Waals surface area contributed by atoms with Crippen LogP contribution >= 0.6 is 0 Å². The Labute approximate surface area is 160 Å². The van der Waals surface area contributed by atoms with E-state index in [9.17, 15) is 9.59 Å². The summed E-state index contributed by atoms with van der Waals surface area (Å²) in [6.07, 6.45) is 2.19. The maximum Gasteiger partial charge on any atom is 0.262 e. The number of carbonyl (C=O) groups is 2. The molecular weight excluding hydrogens is 338 g/mol. The van der Waals surface area contributed by atoms with Gasteiger partial charge in [-0.25, -0.2) is 0 Å². The van der Waals surface area contributed by atoms with Crippen molar-refractivity contribution in [1.29, 1.82) is 0 Å². The summed E-state index contributed by atoms with van der Waals surface area (Å²) in [6, 6.07) is 14.4. The van der Waals surface area contributed by atoms with Gasteiger partial charge in [0.2, 0.25) is 0 Å². The fourth-order valence-electron chi connectivity index (χ4n) is 3.01. The number of amides is 2. The predicted molar refractivity (Wildman–Crippen MR) is 105 cm³/mol. The summed E-state index contributed by atoms with van der Waals surface area (Å²) < 4.78 is 5.86. The molecule has 0 spiro atoms. The van der Waals surface area contributed by atoms with Crippen molar-refractivity contribution < 1.29 is 14.3 Å². The van der Waals surface area contributed by atoms with Crippen LogP contribution in [0.2, 0.25) is 0 Å². The van der Waals surface area contributed by atoms with Gasteiger partial charge in [-0.1, -0.05) is 56.7 Å². The van der Waals surface area contributed by atoms with Crippen LogP contribution < -0.4 is 4.74 Å². The molecule has 2 aromatic rings. The van der Waals surface area contributed by atoms with E-state index in [2.05, 4.69) is 25.7 Å². The van der Waals surface area contributed by atoms with Gasteiger partial charge in [-0.3, -0.25) is 14.5 Å². The Morgan fingerprint density at radius 2 is 1.63 bits per heavy atom. The Bertz CT molecular complexity index is 868. The van der Waals surface area contributed by atoms with Gasteiger partial charge in [0.25, 0.3) is 11.8 Å². The molecule has 3 rings (SSSR count). The molecule has 0 atom stereocenters. The van der Waals surface area contributed by atoms with Crippen LogP contribution in [0.5, 0.6) is 5.75 Å². The summed E-state index contributed by atoms with van der Waals surface area (Å²) in [6.45, 7) is 5.10. The number of benzene rings is 2. The topological polar surface area (TPSA) is 46.6 Å². The highest BCUT2D eigenvalue weighted by molar-refractivity contribution is 6.21. The normalized spacial score (nSPS) is 12.8. The molecule has 0 fully saturated rings. The van der Waals surface area contributed by atoms with Crippen molar-refractivity contribution in [2.45, 2.75) is 26.7 Å². The molecule has 2 amide bonds. The van der Waals surface area contributed by atoms with Crippen LogP contribution in [0.15, 0.2) is 48.5 Å². The smallest absolute Gasteiger partial charge is 0.262 e. The van der Waals surface area contributed by atoms with Gasteiger partial charge in [-0.15, -0.1) is 0 Å². The van der Waals surface area contributed by atoms with Gasteiger partial charge in [0.1, 0.15) is 5.75 Å². The third-order valence-corrected chi connectivity index (χ3v) is 4.82. The van der Waals surface area contributed by atoms with Gasteiger partial charge in [0.15, 0.2) is 0 Å². The van der Waals surface area contributed by atoms with Crippen molar-refractivity contribution >= 4 is 11.8 Å². The number of imide groups is 1. The SMILES string of the molecule is CCC(CC)COc1cccc(C#CCN2C(=O)c3ccccc3C2=O)c1. The zero-order valence-corrected chi connectivity index (χ0v) is 15.7. The molecule has 1 aliphatic heterocycles. The second-order valence-electron chi connectivity index (χ2n) is 6.57. The predicted octanol–water partition coefficient (Wildman–Crippen LogP) is 4.15. The Morgan fingerprint density at radius 1 is 0.963 bits per heavy atom. The number of nitrogens with zero attached hydrogens (tertiary/aromatic N) is 1. The Kier molecular flexibility index (Phi) is 5.93. The van der Waals surface area contributed by atoms with E-state index in [0.29, 0.717) is 23.7 Å². The molecule has 0 bridgehead atoms. The van der Waals surface area contributed by atoms with E-state index < -0.39 is 0 Å². The minimum Gasteiger partial charge on any atom is -0.493 e. The van der Waals surface area contributed by atoms with Crippen molar-refractivity contribution in [3.63, 3.8) is 0 Å². The van der Waals surface area contributed by atoms with Crippen LogP contribution in [0, 0.1) is 17.8 Å². The molecule has 0 unspecified atom stereocenters. The van der Waals surface area contributed by atoms with E-state index in [0.717, 1.165) is 24.2 Å². The lowest BCUT2D eigenvalue weighted by atomic mass is 10.1. The van der Waals surface area contributed by atoms with Crippen molar-refractivity contribution in [2.75, 3.05) is 13.2 Å². The highest BCUT2D eigenvalue weighted by Gasteiger charge is 2.34. The Morgan fingerprint density at radius 3 is 2.26 bits per heavy atom. The van der Waals surface area contributed by atoms with Gasteiger partial charge in [0, 0.05) is 5.56 Å². The molecule has 0 saturated carbocycles. The summed E-state index contributed by atoms with van der Waals surface area (Å²) in [4.78, 5) is 25.8. The van der Waals surface area contributed by atoms with Crippen LogP contribution in [0.3, 0.4) is 0 Å². The molecule has 0 N–H and O–H groups in total. The van der Waals surface area contributed by atoms with Crippen molar-refractivity contribution in [3.8, 4) is 17.6 Å². The second-order valence-corrected chi connectivity index (χ2v) is 6.57. The van der Waals surface area contributed by atoms with Crippen LogP contribution in [0.4, 0.5) is 0 Å². The lowest BCUT2D eigenvalue weighted by Gasteiger charge is -2.13. The minimum absolute atomic E-state index is 0.0746. The van der Waals surface area contributed by atoms with Crippen LogP contribution in [-0.4, -0.2) is 29.9 Å². The molecule has 0 aliphatic carbocycles. The molecule has 4 heteroatoms. The van der Waals surface area contributed by atoms with Crippen LogP contribution in [0.25, 0.3) is 0 Å². The van der Waals surface area contributed by atoms with Gasteiger partial charge >= 0.3 is 0 Å². The molecule has 1 heterocycles. The maximum atomic E-state index is 12.3. The number of carbonyl (C=O) groups excluding carboxylic acids is 2. The van der Waals surface area contributed by atoms with Crippen molar-refractivity contribution in [1.82, 2.24) is 4.90 Å². The first-order valence-electron chi connectivity index (χ1n) is 9.31. The van der Waals surface area contributed by atoms with Gasteiger partial charge in [0.05, 0.1) is 24.3 Å². The molecule has 0 aromatic heterocycles. The van der Waals surface area contributed by atoms with Gasteiger partial charge in [-0.2, -0.15) is 0 Å². The third kappa shape index (κ3) is 4.20. The number of ether oxygens (including phenoxy) is 1. The first kappa shape index (κ1) is 18.7. The molecule has 0 saturated heterocycles.